The van der Waals surface area contributed by atoms with E-state index < -0.39 is 0 Å². The third-order valence-corrected chi connectivity index (χ3v) is 4.73. The van der Waals surface area contributed by atoms with Crippen LogP contribution < -0.4 is 5.32 Å². The molecule has 0 bridgehead atoms. The molecular weight excluding hydrogens is 244 g/mol. The Kier molecular flexibility index (Phi) is 3.84. The first-order valence-corrected chi connectivity index (χ1v) is 7.97. The summed E-state index contributed by atoms with van der Waals surface area (Å²) in [4.78, 5) is 3.57. The summed E-state index contributed by atoms with van der Waals surface area (Å²) in [5.74, 6) is 0. The van der Waals surface area contributed by atoms with Crippen molar-refractivity contribution in [2.45, 2.75) is 58.9 Å². The van der Waals surface area contributed by atoms with Crippen molar-refractivity contribution in [1.82, 2.24) is 10.3 Å². The topological polar surface area (TPSA) is 27.8 Å². The van der Waals surface area contributed by atoms with Crippen LogP contribution in [0.1, 0.15) is 48.1 Å². The molecule has 0 aliphatic heterocycles. The third-order valence-electron chi connectivity index (χ3n) is 4.73. The van der Waals surface area contributed by atoms with Crippen LogP contribution in [0, 0.1) is 20.8 Å². The maximum absolute atomic E-state index is 3.73. The summed E-state index contributed by atoms with van der Waals surface area (Å²) in [6.45, 7) is 7.70. The molecule has 108 valence electrons. The maximum Gasteiger partial charge on any atom is 0.0488 e. The highest BCUT2D eigenvalue weighted by Crippen LogP contribution is 2.26. The van der Waals surface area contributed by atoms with Gasteiger partial charge in [-0.05, 0) is 63.8 Å². The van der Waals surface area contributed by atoms with Crippen LogP contribution in [0.3, 0.4) is 0 Å². The molecule has 0 atom stereocenters. The second kappa shape index (κ2) is 5.61. The summed E-state index contributed by atoms with van der Waals surface area (Å²) in [5.41, 5.74) is 6.88. The molecule has 1 aromatic carbocycles. The van der Waals surface area contributed by atoms with Crippen LogP contribution >= 0.6 is 0 Å². The highest BCUT2D eigenvalue weighted by atomic mass is 14.9. The standard InChI is InChI=1S/C18H26N2/c1-12-10-13(2)18-17(11-12)16(14(3)20-18)8-9-19-15-6-4-5-7-15/h10-11,15,19-20H,4-9H2,1-3H3. The summed E-state index contributed by atoms with van der Waals surface area (Å²) < 4.78 is 0. The molecule has 0 amide bonds. The molecule has 2 N–H and O–H groups in total. The van der Waals surface area contributed by atoms with E-state index >= 15 is 0 Å². The fourth-order valence-corrected chi connectivity index (χ4v) is 3.69. The number of aryl methyl sites for hydroxylation is 3. The lowest BCUT2D eigenvalue weighted by molar-refractivity contribution is 0.528. The Hall–Kier alpha value is -1.28. The lowest BCUT2D eigenvalue weighted by Crippen LogP contribution is -2.28. The number of rotatable bonds is 4. The number of nitrogens with one attached hydrogen (secondary N) is 2. The zero-order chi connectivity index (χ0) is 14.1. The molecule has 0 saturated heterocycles. The molecule has 1 heterocycles. The molecule has 0 radical (unpaired) electrons. The lowest BCUT2D eigenvalue weighted by Gasteiger charge is -2.11. The molecule has 2 heteroatoms. The van der Waals surface area contributed by atoms with Gasteiger partial charge in [0.25, 0.3) is 0 Å². The predicted octanol–water partition coefficient (Wildman–Crippen LogP) is 4.17. The van der Waals surface area contributed by atoms with Crippen LogP contribution in [0.15, 0.2) is 12.1 Å². The molecule has 2 nitrogen and oxygen atoms in total. The Morgan fingerprint density at radius 2 is 1.90 bits per heavy atom. The van der Waals surface area contributed by atoms with Gasteiger partial charge in [0.05, 0.1) is 0 Å². The second-order valence-electron chi connectivity index (χ2n) is 6.42. The summed E-state index contributed by atoms with van der Waals surface area (Å²) in [7, 11) is 0. The first-order chi connectivity index (χ1) is 9.65. The minimum atomic E-state index is 0.768. The van der Waals surface area contributed by atoms with Gasteiger partial charge in [-0.15, -0.1) is 0 Å². The van der Waals surface area contributed by atoms with Crippen LogP contribution in [-0.2, 0) is 6.42 Å². The molecular formula is C18H26N2. The number of benzene rings is 1. The van der Waals surface area contributed by atoms with E-state index in [0.29, 0.717) is 0 Å². The fraction of sp³-hybridized carbons (Fsp3) is 0.556. The summed E-state index contributed by atoms with van der Waals surface area (Å²) in [6.07, 6.45) is 6.67. The lowest BCUT2D eigenvalue weighted by atomic mass is 10.0. The van der Waals surface area contributed by atoms with Crippen LogP contribution in [0.4, 0.5) is 0 Å². The van der Waals surface area contributed by atoms with Gasteiger partial charge in [-0.3, -0.25) is 0 Å². The Balaban J connectivity index is 1.78. The summed E-state index contributed by atoms with van der Waals surface area (Å²) in [5, 5.41) is 5.15. The Labute approximate surface area is 122 Å². The van der Waals surface area contributed by atoms with E-state index in [2.05, 4.69) is 43.2 Å². The van der Waals surface area contributed by atoms with Gasteiger partial charge in [-0.2, -0.15) is 0 Å². The number of hydrogen-bond acceptors (Lipinski definition) is 1. The average molecular weight is 270 g/mol. The van der Waals surface area contributed by atoms with E-state index in [9.17, 15) is 0 Å². The molecule has 20 heavy (non-hydrogen) atoms. The smallest absolute Gasteiger partial charge is 0.0488 e. The third kappa shape index (κ3) is 2.62. The molecule has 1 aliphatic rings. The van der Waals surface area contributed by atoms with Crippen molar-refractivity contribution in [2.24, 2.45) is 0 Å². The van der Waals surface area contributed by atoms with Crippen molar-refractivity contribution in [3.05, 3.63) is 34.5 Å². The van der Waals surface area contributed by atoms with Gasteiger partial charge in [0, 0.05) is 22.6 Å². The van der Waals surface area contributed by atoms with Crippen molar-refractivity contribution in [3.63, 3.8) is 0 Å². The van der Waals surface area contributed by atoms with Crippen molar-refractivity contribution in [2.75, 3.05) is 6.54 Å². The van der Waals surface area contributed by atoms with Gasteiger partial charge in [-0.25, -0.2) is 0 Å². The van der Waals surface area contributed by atoms with Gasteiger partial charge >= 0.3 is 0 Å². The minimum Gasteiger partial charge on any atom is -0.358 e. The normalized spacial score (nSPS) is 16.4. The number of aromatic nitrogens is 1. The van der Waals surface area contributed by atoms with Gasteiger partial charge < -0.3 is 10.3 Å². The van der Waals surface area contributed by atoms with Gasteiger partial charge in [0.1, 0.15) is 0 Å². The zero-order valence-electron chi connectivity index (χ0n) is 13.0. The fourth-order valence-electron chi connectivity index (χ4n) is 3.69. The van der Waals surface area contributed by atoms with E-state index in [1.54, 1.807) is 0 Å². The summed E-state index contributed by atoms with van der Waals surface area (Å²) >= 11 is 0. The molecule has 1 saturated carbocycles. The quantitative estimate of drug-likeness (QED) is 0.857. The highest BCUT2D eigenvalue weighted by molar-refractivity contribution is 5.88. The number of H-pyrrole nitrogens is 1. The van der Waals surface area contributed by atoms with E-state index in [1.165, 1.54) is 59.0 Å². The highest BCUT2D eigenvalue weighted by Gasteiger charge is 2.15. The first kappa shape index (κ1) is 13.7. The zero-order valence-corrected chi connectivity index (χ0v) is 13.0. The number of aromatic amines is 1. The Morgan fingerprint density at radius 1 is 1.15 bits per heavy atom. The monoisotopic (exact) mass is 270 g/mol. The van der Waals surface area contributed by atoms with Crippen molar-refractivity contribution in [3.8, 4) is 0 Å². The van der Waals surface area contributed by atoms with Gasteiger partial charge in [0.15, 0.2) is 0 Å². The van der Waals surface area contributed by atoms with Gasteiger partial charge in [0.2, 0.25) is 0 Å². The van der Waals surface area contributed by atoms with Gasteiger partial charge in [-0.1, -0.05) is 24.5 Å². The Morgan fingerprint density at radius 3 is 2.65 bits per heavy atom. The van der Waals surface area contributed by atoms with Crippen molar-refractivity contribution in [1.29, 1.82) is 0 Å². The first-order valence-electron chi connectivity index (χ1n) is 7.97. The molecule has 1 fully saturated rings. The largest absolute Gasteiger partial charge is 0.358 e. The van der Waals surface area contributed by atoms with Crippen LogP contribution in [0.5, 0.6) is 0 Å². The van der Waals surface area contributed by atoms with E-state index in [-0.39, 0.29) is 0 Å². The SMILES string of the molecule is Cc1cc(C)c2[nH]c(C)c(CCNC3CCCC3)c2c1. The molecule has 3 rings (SSSR count). The predicted molar refractivity (Wildman–Crippen MR) is 86.5 cm³/mol. The van der Waals surface area contributed by atoms with Crippen LogP contribution in [0.2, 0.25) is 0 Å². The van der Waals surface area contributed by atoms with Crippen LogP contribution in [0.25, 0.3) is 10.9 Å². The van der Waals surface area contributed by atoms with Crippen LogP contribution in [-0.4, -0.2) is 17.6 Å². The molecule has 0 unspecified atom stereocenters. The van der Waals surface area contributed by atoms with E-state index in [1.807, 2.05) is 0 Å². The molecule has 1 aromatic heterocycles. The molecule has 1 aliphatic carbocycles. The second-order valence-corrected chi connectivity index (χ2v) is 6.42. The molecule has 2 aromatic rings. The summed E-state index contributed by atoms with van der Waals surface area (Å²) in [6, 6.07) is 5.36. The van der Waals surface area contributed by atoms with Crippen molar-refractivity contribution >= 4 is 10.9 Å². The van der Waals surface area contributed by atoms with E-state index in [0.717, 1.165) is 19.0 Å². The minimum absolute atomic E-state index is 0.768. The Bertz CT molecular complexity index is 603. The average Bonchev–Trinajstić information content (AvgIpc) is 3.00. The molecule has 0 spiro atoms. The van der Waals surface area contributed by atoms with E-state index in [4.69, 9.17) is 0 Å². The number of fused-ring (bicyclic) bond motifs is 1. The number of hydrogen-bond donors (Lipinski definition) is 2. The maximum atomic E-state index is 3.73. The van der Waals surface area contributed by atoms with Crippen molar-refractivity contribution < 1.29 is 0 Å².